The van der Waals surface area contributed by atoms with E-state index >= 15 is 0 Å². The number of rotatable bonds is 0. The van der Waals surface area contributed by atoms with Crippen molar-refractivity contribution in [3.05, 3.63) is 0 Å². The van der Waals surface area contributed by atoms with Gasteiger partial charge in [-0.05, 0) is 0 Å². The number of hydrogen-bond acceptors (Lipinski definition) is 0. The molecule has 2 rings (SSSR count). The smallest absolute Gasteiger partial charge is 0.0533 e. The summed E-state index contributed by atoms with van der Waals surface area (Å²) in [6.07, 6.45) is 18.0. The van der Waals surface area contributed by atoms with Crippen LogP contribution in [0.2, 0.25) is 0 Å². The Morgan fingerprint density at radius 2 is 0.250 bits per heavy atom. The van der Waals surface area contributed by atoms with Gasteiger partial charge in [-0.15, -0.1) is 0 Å². The van der Waals surface area contributed by atoms with E-state index in [1.165, 1.54) is 77.0 Å². The second-order valence-corrected chi connectivity index (χ2v) is 4.24. The fourth-order valence-electron chi connectivity index (χ4n) is 2.12. The molecule has 0 unspecified atom stereocenters. The first-order valence-electron chi connectivity index (χ1n) is 6.00. The van der Waals surface area contributed by atoms with Crippen molar-refractivity contribution < 1.29 is 0 Å². The van der Waals surface area contributed by atoms with E-state index in [0.29, 0.717) is 0 Å². The first-order chi connectivity index (χ1) is 6.00. The summed E-state index contributed by atoms with van der Waals surface area (Å²) < 4.78 is 0. The lowest BCUT2D eigenvalue weighted by Gasteiger charge is -2.05. The van der Waals surface area contributed by atoms with Crippen molar-refractivity contribution in [3.8, 4) is 0 Å². The fourth-order valence-corrected chi connectivity index (χ4v) is 2.12. The third kappa shape index (κ3) is 5.62. The maximum absolute atomic E-state index is 1.50. The zero-order chi connectivity index (χ0) is 8.49. The molecule has 0 aliphatic heterocycles. The van der Waals surface area contributed by atoms with Crippen LogP contribution in [0.25, 0.3) is 0 Å². The Morgan fingerprint density at radius 3 is 0.333 bits per heavy atom. The van der Waals surface area contributed by atoms with Crippen LogP contribution in [-0.2, 0) is 0 Å². The van der Waals surface area contributed by atoms with E-state index in [2.05, 4.69) is 0 Å². The Balaban J connectivity index is 0.000000120. The van der Waals surface area contributed by atoms with E-state index in [1.54, 1.807) is 0 Å². The van der Waals surface area contributed by atoms with Crippen molar-refractivity contribution in [1.82, 2.24) is 0 Å². The molecule has 0 amide bonds. The molecule has 0 heteroatoms. The number of hydrogen-bond donors (Lipinski definition) is 0. The molecule has 0 bridgehead atoms. The first kappa shape index (κ1) is 10.1. The van der Waals surface area contributed by atoms with Crippen molar-refractivity contribution in [2.75, 3.05) is 0 Å². The first-order valence-corrected chi connectivity index (χ1v) is 6.00. The van der Waals surface area contributed by atoms with Gasteiger partial charge >= 0.3 is 0 Å². The van der Waals surface area contributed by atoms with E-state index in [4.69, 9.17) is 0 Å². The molecule has 0 spiro atoms. The zero-order valence-electron chi connectivity index (χ0n) is 8.49. The van der Waals surface area contributed by atoms with Crippen molar-refractivity contribution in [1.29, 1.82) is 0 Å². The molecule has 0 nitrogen and oxygen atoms in total. The normalized spacial score (nSPS) is 24.0. The fraction of sp³-hybridized carbons (Fsp3) is 1.00. The molecule has 2 saturated carbocycles. The van der Waals surface area contributed by atoms with Crippen LogP contribution in [0.3, 0.4) is 0 Å². The van der Waals surface area contributed by atoms with Crippen LogP contribution < -0.4 is 0 Å². The topological polar surface area (TPSA) is 0 Å². The maximum atomic E-state index is 1.50. The second-order valence-electron chi connectivity index (χ2n) is 4.24. The van der Waals surface area contributed by atoms with Crippen LogP contribution in [-0.4, -0.2) is 0 Å². The van der Waals surface area contributed by atoms with Crippen LogP contribution in [0, 0.1) is 0 Å². The molecule has 0 aromatic rings. The van der Waals surface area contributed by atoms with Gasteiger partial charge in [0.1, 0.15) is 0 Å². The van der Waals surface area contributed by atoms with Gasteiger partial charge in [0.2, 0.25) is 0 Å². The predicted molar refractivity (Wildman–Crippen MR) is 55.4 cm³/mol. The molecule has 0 atom stereocenters. The minimum absolute atomic E-state index is 1.50. The molecule has 0 radical (unpaired) electrons. The Bertz CT molecular complexity index is 43.0. The highest BCUT2D eigenvalue weighted by Crippen LogP contribution is 2.15. The van der Waals surface area contributed by atoms with Gasteiger partial charge in [0, 0.05) is 0 Å². The lowest BCUT2D eigenvalue weighted by molar-refractivity contribution is 0.504. The summed E-state index contributed by atoms with van der Waals surface area (Å²) in [5.41, 5.74) is 0. The van der Waals surface area contributed by atoms with Gasteiger partial charge in [-0.3, -0.25) is 0 Å². The van der Waals surface area contributed by atoms with Crippen molar-refractivity contribution >= 4 is 0 Å². The van der Waals surface area contributed by atoms with Crippen molar-refractivity contribution in [2.45, 2.75) is 77.0 Å². The van der Waals surface area contributed by atoms with Crippen molar-refractivity contribution in [2.24, 2.45) is 0 Å². The van der Waals surface area contributed by atoms with Gasteiger partial charge < -0.3 is 0 Å². The molecular formula is C12H24. The Labute approximate surface area is 77.7 Å². The van der Waals surface area contributed by atoms with Gasteiger partial charge in [-0.25, -0.2) is 0 Å². The average Bonchev–Trinajstić information content (AvgIpc) is 2.24. The van der Waals surface area contributed by atoms with Crippen LogP contribution in [0.15, 0.2) is 0 Å². The third-order valence-corrected chi connectivity index (χ3v) is 3.00. The zero-order valence-corrected chi connectivity index (χ0v) is 8.49. The molecule has 0 aromatic carbocycles. The quantitative estimate of drug-likeness (QED) is 0.492. The Hall–Kier alpha value is 0. The molecule has 0 heterocycles. The Morgan fingerprint density at radius 1 is 0.167 bits per heavy atom. The molecule has 0 N–H and O–H groups in total. The standard InChI is InChI=1S/2C6H12/c2*1-2-4-6-5-3-1/h2*1-6H2. The summed E-state index contributed by atoms with van der Waals surface area (Å²) >= 11 is 0. The minimum Gasteiger partial charge on any atom is -0.0533 e. The summed E-state index contributed by atoms with van der Waals surface area (Å²) in [6, 6.07) is 0. The molecule has 72 valence electrons. The highest BCUT2D eigenvalue weighted by atomic mass is 14.0. The average molecular weight is 168 g/mol. The molecule has 0 saturated heterocycles. The van der Waals surface area contributed by atoms with Gasteiger partial charge in [-0.1, -0.05) is 77.0 Å². The van der Waals surface area contributed by atoms with Crippen molar-refractivity contribution in [3.63, 3.8) is 0 Å². The van der Waals surface area contributed by atoms with Gasteiger partial charge in [0.25, 0.3) is 0 Å². The van der Waals surface area contributed by atoms with Gasteiger partial charge in [0.05, 0.1) is 0 Å². The second kappa shape index (κ2) is 7.64. The monoisotopic (exact) mass is 168 g/mol. The highest BCUT2D eigenvalue weighted by Gasteiger charge is 1.96. The predicted octanol–water partition coefficient (Wildman–Crippen LogP) is 4.68. The van der Waals surface area contributed by atoms with E-state index in [9.17, 15) is 0 Å². The molecule has 2 fully saturated rings. The summed E-state index contributed by atoms with van der Waals surface area (Å²) in [5.74, 6) is 0. The molecule has 2 aliphatic carbocycles. The summed E-state index contributed by atoms with van der Waals surface area (Å²) in [4.78, 5) is 0. The summed E-state index contributed by atoms with van der Waals surface area (Å²) in [5, 5.41) is 0. The molecule has 2 aliphatic rings. The lowest BCUT2D eigenvalue weighted by atomic mass is 10.0. The largest absolute Gasteiger partial charge is 0.0533 e. The van der Waals surface area contributed by atoms with E-state index in [1.807, 2.05) is 0 Å². The van der Waals surface area contributed by atoms with E-state index in [-0.39, 0.29) is 0 Å². The molecule has 0 aromatic heterocycles. The Kier molecular flexibility index (Phi) is 6.42. The molecule has 12 heavy (non-hydrogen) atoms. The van der Waals surface area contributed by atoms with Crippen LogP contribution in [0.1, 0.15) is 77.0 Å². The van der Waals surface area contributed by atoms with E-state index in [0.717, 1.165) is 0 Å². The highest BCUT2D eigenvalue weighted by molar-refractivity contribution is 4.51. The van der Waals surface area contributed by atoms with Crippen LogP contribution >= 0.6 is 0 Å². The van der Waals surface area contributed by atoms with Gasteiger partial charge in [-0.2, -0.15) is 0 Å². The van der Waals surface area contributed by atoms with E-state index < -0.39 is 0 Å². The minimum atomic E-state index is 1.50. The molecular weight excluding hydrogens is 144 g/mol. The van der Waals surface area contributed by atoms with Gasteiger partial charge in [0.15, 0.2) is 0 Å². The SMILES string of the molecule is C1CCCCC1.C1CCCCC1. The summed E-state index contributed by atoms with van der Waals surface area (Å²) in [7, 11) is 0. The van der Waals surface area contributed by atoms with Crippen LogP contribution in [0.5, 0.6) is 0 Å². The third-order valence-electron chi connectivity index (χ3n) is 3.00. The summed E-state index contributed by atoms with van der Waals surface area (Å²) in [6.45, 7) is 0. The maximum Gasteiger partial charge on any atom is -0.0533 e. The van der Waals surface area contributed by atoms with Crippen LogP contribution in [0.4, 0.5) is 0 Å². The lowest BCUT2D eigenvalue weighted by Crippen LogP contribution is -1.85.